The van der Waals surface area contributed by atoms with Crippen LogP contribution in [0.15, 0.2) is 24.3 Å². The van der Waals surface area contributed by atoms with Gasteiger partial charge in [0.15, 0.2) is 0 Å². The molecule has 0 aliphatic heterocycles. The van der Waals surface area contributed by atoms with Gasteiger partial charge < -0.3 is 10.2 Å². The molecular formula is C16H24N2O2. The predicted molar refractivity (Wildman–Crippen MR) is 80.6 cm³/mol. The van der Waals surface area contributed by atoms with Crippen molar-refractivity contribution in [1.82, 2.24) is 10.2 Å². The first kappa shape index (κ1) is 16.2. The summed E-state index contributed by atoms with van der Waals surface area (Å²) in [5, 5.41) is 2.62. The Bertz CT molecular complexity index is 454. The van der Waals surface area contributed by atoms with Crippen molar-refractivity contribution in [2.75, 3.05) is 20.1 Å². The van der Waals surface area contributed by atoms with Crippen LogP contribution >= 0.6 is 0 Å². The van der Waals surface area contributed by atoms with Crippen molar-refractivity contribution in [2.45, 2.75) is 27.2 Å². The first-order valence-corrected chi connectivity index (χ1v) is 7.07. The number of carbonyl (C=O) groups excluding carboxylic acids is 2. The lowest BCUT2D eigenvalue weighted by Gasteiger charge is -2.25. The first-order chi connectivity index (χ1) is 9.49. The third kappa shape index (κ3) is 4.37. The zero-order valence-corrected chi connectivity index (χ0v) is 12.8. The Morgan fingerprint density at radius 1 is 1.25 bits per heavy atom. The van der Waals surface area contributed by atoms with E-state index in [9.17, 15) is 9.59 Å². The second-order valence-electron chi connectivity index (χ2n) is 5.13. The fourth-order valence-corrected chi connectivity index (χ4v) is 2.08. The summed E-state index contributed by atoms with van der Waals surface area (Å²) in [5.41, 5.74) is 1.80. The molecule has 20 heavy (non-hydrogen) atoms. The summed E-state index contributed by atoms with van der Waals surface area (Å²) in [6.45, 7) is 6.96. The molecule has 1 unspecified atom stereocenters. The highest BCUT2D eigenvalue weighted by Gasteiger charge is 2.20. The number of aryl methyl sites for hydroxylation is 1. The van der Waals surface area contributed by atoms with E-state index < -0.39 is 0 Å². The average Bonchev–Trinajstić information content (AvgIpc) is 2.45. The van der Waals surface area contributed by atoms with Crippen molar-refractivity contribution in [3.05, 3.63) is 35.4 Å². The monoisotopic (exact) mass is 276 g/mol. The van der Waals surface area contributed by atoms with Gasteiger partial charge in [-0.15, -0.1) is 0 Å². The van der Waals surface area contributed by atoms with Crippen LogP contribution in [0.4, 0.5) is 0 Å². The topological polar surface area (TPSA) is 49.4 Å². The molecule has 0 aromatic heterocycles. The number of amides is 2. The van der Waals surface area contributed by atoms with Gasteiger partial charge in [0.05, 0.1) is 5.92 Å². The zero-order chi connectivity index (χ0) is 15.1. The van der Waals surface area contributed by atoms with Gasteiger partial charge in [-0.3, -0.25) is 9.59 Å². The SMILES string of the molecule is CCCN(CC(C)C(=O)NC)C(=O)c1ccc(C)cc1. The minimum Gasteiger partial charge on any atom is -0.359 e. The van der Waals surface area contributed by atoms with Crippen molar-refractivity contribution < 1.29 is 9.59 Å². The smallest absolute Gasteiger partial charge is 0.253 e. The molecule has 0 radical (unpaired) electrons. The highest BCUT2D eigenvalue weighted by Crippen LogP contribution is 2.10. The van der Waals surface area contributed by atoms with Gasteiger partial charge in [0.1, 0.15) is 0 Å². The third-order valence-electron chi connectivity index (χ3n) is 3.27. The molecular weight excluding hydrogens is 252 g/mol. The molecule has 1 atom stereocenters. The first-order valence-electron chi connectivity index (χ1n) is 7.07. The summed E-state index contributed by atoms with van der Waals surface area (Å²) in [5.74, 6) is -0.258. The fourth-order valence-electron chi connectivity index (χ4n) is 2.08. The minimum absolute atomic E-state index is 0.0115. The van der Waals surface area contributed by atoms with Crippen LogP contribution < -0.4 is 5.32 Å². The summed E-state index contributed by atoms with van der Waals surface area (Å²) < 4.78 is 0. The quantitative estimate of drug-likeness (QED) is 0.866. The minimum atomic E-state index is -0.207. The Labute approximate surface area is 121 Å². The highest BCUT2D eigenvalue weighted by molar-refractivity contribution is 5.94. The van der Waals surface area contributed by atoms with Gasteiger partial charge in [0.25, 0.3) is 5.91 Å². The average molecular weight is 276 g/mol. The van der Waals surface area contributed by atoms with E-state index in [4.69, 9.17) is 0 Å². The summed E-state index contributed by atoms with van der Waals surface area (Å²) in [4.78, 5) is 25.8. The van der Waals surface area contributed by atoms with Crippen molar-refractivity contribution in [1.29, 1.82) is 0 Å². The van der Waals surface area contributed by atoms with E-state index in [1.54, 1.807) is 11.9 Å². The molecule has 4 nitrogen and oxygen atoms in total. The number of hydrogen-bond donors (Lipinski definition) is 1. The van der Waals surface area contributed by atoms with Crippen LogP contribution in [-0.4, -0.2) is 36.9 Å². The number of hydrogen-bond acceptors (Lipinski definition) is 2. The molecule has 4 heteroatoms. The number of rotatable bonds is 6. The van der Waals surface area contributed by atoms with E-state index in [-0.39, 0.29) is 17.7 Å². The second-order valence-corrected chi connectivity index (χ2v) is 5.13. The normalized spacial score (nSPS) is 11.8. The molecule has 2 amide bonds. The van der Waals surface area contributed by atoms with E-state index in [1.165, 1.54) is 0 Å². The molecule has 1 aromatic carbocycles. The molecule has 0 aliphatic rings. The molecule has 0 saturated heterocycles. The third-order valence-corrected chi connectivity index (χ3v) is 3.27. The van der Waals surface area contributed by atoms with Crippen LogP contribution in [-0.2, 0) is 4.79 Å². The molecule has 0 fully saturated rings. The van der Waals surface area contributed by atoms with Crippen LogP contribution in [0.25, 0.3) is 0 Å². The fraction of sp³-hybridized carbons (Fsp3) is 0.500. The molecule has 110 valence electrons. The van der Waals surface area contributed by atoms with Gasteiger partial charge in [-0.25, -0.2) is 0 Å². The van der Waals surface area contributed by atoms with Gasteiger partial charge in [-0.2, -0.15) is 0 Å². The van der Waals surface area contributed by atoms with Crippen LogP contribution in [0.1, 0.15) is 36.2 Å². The molecule has 1 aromatic rings. The van der Waals surface area contributed by atoms with E-state index in [1.807, 2.05) is 45.0 Å². The van der Waals surface area contributed by atoms with Crippen LogP contribution in [0.2, 0.25) is 0 Å². The van der Waals surface area contributed by atoms with Gasteiger partial charge in [-0.05, 0) is 25.5 Å². The Morgan fingerprint density at radius 2 is 1.85 bits per heavy atom. The Morgan fingerprint density at radius 3 is 2.35 bits per heavy atom. The standard InChI is InChI=1S/C16H24N2O2/c1-5-10-18(11-13(3)15(19)17-4)16(20)14-8-6-12(2)7-9-14/h6-9,13H,5,10-11H2,1-4H3,(H,17,19). The van der Waals surface area contributed by atoms with E-state index in [0.29, 0.717) is 18.7 Å². The maximum absolute atomic E-state index is 12.5. The molecule has 0 spiro atoms. The van der Waals surface area contributed by atoms with Crippen molar-refractivity contribution >= 4 is 11.8 Å². The molecule has 0 heterocycles. The molecule has 1 rings (SSSR count). The maximum atomic E-state index is 12.5. The Kier molecular flexibility index (Phi) is 6.22. The zero-order valence-electron chi connectivity index (χ0n) is 12.8. The van der Waals surface area contributed by atoms with Crippen molar-refractivity contribution in [2.24, 2.45) is 5.92 Å². The summed E-state index contributed by atoms with van der Waals surface area (Å²) in [6.07, 6.45) is 0.873. The van der Waals surface area contributed by atoms with Gasteiger partial charge >= 0.3 is 0 Å². The molecule has 1 N–H and O–H groups in total. The lowest BCUT2D eigenvalue weighted by atomic mass is 10.1. The molecule has 0 bridgehead atoms. The maximum Gasteiger partial charge on any atom is 0.253 e. The largest absolute Gasteiger partial charge is 0.359 e. The predicted octanol–water partition coefficient (Wildman–Crippen LogP) is 2.23. The van der Waals surface area contributed by atoms with E-state index >= 15 is 0 Å². The molecule has 0 saturated carbocycles. The van der Waals surface area contributed by atoms with Crippen molar-refractivity contribution in [3.8, 4) is 0 Å². The lowest BCUT2D eigenvalue weighted by Crippen LogP contribution is -2.40. The Hall–Kier alpha value is -1.84. The second kappa shape index (κ2) is 7.68. The highest BCUT2D eigenvalue weighted by atomic mass is 16.2. The van der Waals surface area contributed by atoms with Gasteiger partial charge in [0, 0.05) is 25.7 Å². The van der Waals surface area contributed by atoms with Gasteiger partial charge in [0.2, 0.25) is 5.91 Å². The van der Waals surface area contributed by atoms with Crippen LogP contribution in [0.3, 0.4) is 0 Å². The number of nitrogens with one attached hydrogen (secondary N) is 1. The Balaban J connectivity index is 2.81. The summed E-state index contributed by atoms with van der Waals surface area (Å²) in [6, 6.07) is 7.54. The number of nitrogens with zero attached hydrogens (tertiary/aromatic N) is 1. The summed E-state index contributed by atoms with van der Waals surface area (Å²) >= 11 is 0. The van der Waals surface area contributed by atoms with E-state index in [2.05, 4.69) is 5.32 Å². The number of benzene rings is 1. The van der Waals surface area contributed by atoms with Gasteiger partial charge in [-0.1, -0.05) is 31.5 Å². The van der Waals surface area contributed by atoms with E-state index in [0.717, 1.165) is 12.0 Å². The lowest BCUT2D eigenvalue weighted by molar-refractivity contribution is -0.124. The van der Waals surface area contributed by atoms with Crippen LogP contribution in [0.5, 0.6) is 0 Å². The van der Waals surface area contributed by atoms with Crippen LogP contribution in [0, 0.1) is 12.8 Å². The summed E-state index contributed by atoms with van der Waals surface area (Å²) in [7, 11) is 1.62. The molecule has 0 aliphatic carbocycles. The van der Waals surface area contributed by atoms with Crippen molar-refractivity contribution in [3.63, 3.8) is 0 Å². The number of carbonyl (C=O) groups is 2.